The highest BCUT2D eigenvalue weighted by atomic mass is 16.5. The lowest BCUT2D eigenvalue weighted by molar-refractivity contribution is -0.143. The van der Waals surface area contributed by atoms with Crippen molar-refractivity contribution in [2.24, 2.45) is 0 Å². The van der Waals surface area contributed by atoms with Crippen LogP contribution in [0.4, 0.5) is 0 Å². The highest BCUT2D eigenvalue weighted by molar-refractivity contribution is 5.78. The smallest absolute Gasteiger partial charge is 0.236 e. The van der Waals surface area contributed by atoms with Crippen LogP contribution in [-0.4, -0.2) is 49.2 Å². The van der Waals surface area contributed by atoms with Crippen molar-refractivity contribution in [2.75, 3.05) is 26.2 Å². The van der Waals surface area contributed by atoms with Crippen molar-refractivity contribution in [1.29, 1.82) is 0 Å². The zero-order valence-corrected chi connectivity index (χ0v) is 10.2. The summed E-state index contributed by atoms with van der Waals surface area (Å²) < 4.78 is 5.56. The van der Waals surface area contributed by atoms with Gasteiger partial charge < -0.3 is 15.0 Å². The fraction of sp³-hybridized carbons (Fsp3) is 0.750. The second kappa shape index (κ2) is 6.66. The number of rotatable bonds is 5. The predicted molar refractivity (Wildman–Crippen MR) is 64.3 cm³/mol. The zero-order valence-electron chi connectivity index (χ0n) is 10.2. The number of morpholine rings is 1. The molecule has 92 valence electrons. The largest absolute Gasteiger partial charge is 0.375 e. The lowest BCUT2D eigenvalue weighted by Gasteiger charge is -2.38. The first-order valence-corrected chi connectivity index (χ1v) is 5.91. The van der Waals surface area contributed by atoms with Crippen molar-refractivity contribution in [3.63, 3.8) is 0 Å². The Hall–Kier alpha value is -0.870. The van der Waals surface area contributed by atoms with Crippen LogP contribution in [0.15, 0.2) is 12.7 Å². The molecule has 0 aromatic rings. The Bertz CT molecular complexity index is 243. The molecule has 1 saturated heterocycles. The third-order valence-electron chi connectivity index (χ3n) is 2.82. The molecule has 1 amide bonds. The Kier molecular flexibility index (Phi) is 5.49. The molecule has 0 saturated carbocycles. The summed E-state index contributed by atoms with van der Waals surface area (Å²) in [6.45, 7) is 10.1. The molecular weight excluding hydrogens is 204 g/mol. The van der Waals surface area contributed by atoms with E-state index in [-0.39, 0.29) is 18.1 Å². The van der Waals surface area contributed by atoms with E-state index in [0.29, 0.717) is 26.2 Å². The number of carbonyl (C=O) groups is 1. The molecule has 0 aliphatic carbocycles. The zero-order chi connectivity index (χ0) is 12.0. The van der Waals surface area contributed by atoms with Crippen molar-refractivity contribution >= 4 is 5.91 Å². The van der Waals surface area contributed by atoms with E-state index in [4.69, 9.17) is 4.74 Å². The van der Waals surface area contributed by atoms with Crippen LogP contribution < -0.4 is 5.32 Å². The minimum absolute atomic E-state index is 0.145. The maximum absolute atomic E-state index is 12.0. The van der Waals surface area contributed by atoms with Crippen molar-refractivity contribution in [1.82, 2.24) is 10.2 Å². The number of hydrogen-bond acceptors (Lipinski definition) is 3. The Morgan fingerprint density at radius 1 is 1.69 bits per heavy atom. The molecule has 16 heavy (non-hydrogen) atoms. The SMILES string of the molecule is C=CCNCC(=O)N1CC(C)OCC1CC. The topological polar surface area (TPSA) is 41.6 Å². The van der Waals surface area contributed by atoms with Gasteiger partial charge in [0.2, 0.25) is 5.91 Å². The van der Waals surface area contributed by atoms with Gasteiger partial charge in [-0.05, 0) is 13.3 Å². The molecule has 1 heterocycles. The van der Waals surface area contributed by atoms with E-state index in [0.717, 1.165) is 6.42 Å². The van der Waals surface area contributed by atoms with Crippen molar-refractivity contribution in [3.05, 3.63) is 12.7 Å². The number of ether oxygens (including phenoxy) is 1. The Labute approximate surface area is 97.6 Å². The van der Waals surface area contributed by atoms with Gasteiger partial charge in [-0.3, -0.25) is 4.79 Å². The molecule has 4 nitrogen and oxygen atoms in total. The summed E-state index contributed by atoms with van der Waals surface area (Å²) in [5.74, 6) is 0.156. The van der Waals surface area contributed by atoms with Gasteiger partial charge in [0, 0.05) is 13.1 Å². The number of nitrogens with one attached hydrogen (secondary N) is 1. The van der Waals surface area contributed by atoms with Crippen molar-refractivity contribution in [3.8, 4) is 0 Å². The molecule has 1 aliphatic rings. The van der Waals surface area contributed by atoms with E-state index in [1.165, 1.54) is 0 Å². The minimum Gasteiger partial charge on any atom is -0.375 e. The van der Waals surface area contributed by atoms with Crippen LogP contribution in [0, 0.1) is 0 Å². The van der Waals surface area contributed by atoms with Crippen LogP contribution in [0.25, 0.3) is 0 Å². The standard InChI is InChI=1S/C12H22N2O2/c1-4-6-13-7-12(15)14-8-10(3)16-9-11(14)5-2/h4,10-11,13H,1,5-9H2,2-3H3. The normalized spacial score (nSPS) is 25.5. The predicted octanol–water partition coefficient (Wildman–Crippen LogP) is 0.788. The lowest BCUT2D eigenvalue weighted by atomic mass is 10.1. The minimum atomic E-state index is 0.145. The van der Waals surface area contributed by atoms with Crippen molar-refractivity contribution < 1.29 is 9.53 Å². The van der Waals surface area contributed by atoms with Gasteiger partial charge in [-0.2, -0.15) is 0 Å². The summed E-state index contributed by atoms with van der Waals surface area (Å²) in [4.78, 5) is 13.9. The van der Waals surface area contributed by atoms with Gasteiger partial charge in [-0.15, -0.1) is 6.58 Å². The van der Waals surface area contributed by atoms with Gasteiger partial charge in [-0.1, -0.05) is 13.0 Å². The molecule has 1 N–H and O–H groups in total. The van der Waals surface area contributed by atoms with Crippen LogP contribution in [-0.2, 0) is 9.53 Å². The highest BCUT2D eigenvalue weighted by Gasteiger charge is 2.28. The molecule has 0 bridgehead atoms. The maximum atomic E-state index is 12.0. The van der Waals surface area contributed by atoms with E-state index >= 15 is 0 Å². The first kappa shape index (κ1) is 13.2. The first-order valence-electron chi connectivity index (χ1n) is 5.91. The third-order valence-corrected chi connectivity index (χ3v) is 2.82. The first-order chi connectivity index (χ1) is 7.69. The molecule has 0 aromatic heterocycles. The summed E-state index contributed by atoms with van der Waals surface area (Å²) in [5.41, 5.74) is 0. The lowest BCUT2D eigenvalue weighted by Crippen LogP contribution is -2.53. The molecule has 1 aliphatic heterocycles. The van der Waals surface area contributed by atoms with E-state index < -0.39 is 0 Å². The number of hydrogen-bond donors (Lipinski definition) is 1. The van der Waals surface area contributed by atoms with E-state index in [1.54, 1.807) is 6.08 Å². The Morgan fingerprint density at radius 2 is 2.44 bits per heavy atom. The summed E-state index contributed by atoms with van der Waals surface area (Å²) in [6.07, 6.45) is 2.85. The molecule has 0 aromatic carbocycles. The highest BCUT2D eigenvalue weighted by Crippen LogP contribution is 2.14. The van der Waals surface area contributed by atoms with Crippen molar-refractivity contribution in [2.45, 2.75) is 32.4 Å². The molecule has 0 radical (unpaired) electrons. The summed E-state index contributed by atoms with van der Waals surface area (Å²) in [7, 11) is 0. The second-order valence-electron chi connectivity index (χ2n) is 4.17. The molecule has 1 fully saturated rings. The molecule has 1 rings (SSSR count). The van der Waals surface area contributed by atoms with Gasteiger partial charge in [0.15, 0.2) is 0 Å². The van der Waals surface area contributed by atoms with E-state index in [1.807, 2.05) is 11.8 Å². The van der Waals surface area contributed by atoms with Gasteiger partial charge in [0.1, 0.15) is 0 Å². The van der Waals surface area contributed by atoms with Crippen LogP contribution in [0.3, 0.4) is 0 Å². The second-order valence-corrected chi connectivity index (χ2v) is 4.17. The quantitative estimate of drug-likeness (QED) is 0.556. The fourth-order valence-electron chi connectivity index (χ4n) is 1.87. The summed E-state index contributed by atoms with van der Waals surface area (Å²) in [6, 6.07) is 0.231. The Balaban J connectivity index is 2.46. The fourth-order valence-corrected chi connectivity index (χ4v) is 1.87. The van der Waals surface area contributed by atoms with E-state index in [2.05, 4.69) is 18.8 Å². The maximum Gasteiger partial charge on any atom is 0.236 e. The van der Waals surface area contributed by atoms with Crippen LogP contribution >= 0.6 is 0 Å². The average Bonchev–Trinajstić information content (AvgIpc) is 2.29. The molecular formula is C12H22N2O2. The number of amides is 1. The summed E-state index contributed by atoms with van der Waals surface area (Å²) in [5, 5.41) is 3.04. The molecule has 2 unspecified atom stereocenters. The number of nitrogens with zero attached hydrogens (tertiary/aromatic N) is 1. The summed E-state index contributed by atoms with van der Waals surface area (Å²) >= 11 is 0. The molecule has 4 heteroatoms. The van der Waals surface area contributed by atoms with Gasteiger partial charge in [0.05, 0.1) is 25.3 Å². The monoisotopic (exact) mass is 226 g/mol. The van der Waals surface area contributed by atoms with Gasteiger partial charge >= 0.3 is 0 Å². The van der Waals surface area contributed by atoms with Gasteiger partial charge in [0.25, 0.3) is 0 Å². The third kappa shape index (κ3) is 3.61. The van der Waals surface area contributed by atoms with E-state index in [9.17, 15) is 4.79 Å². The average molecular weight is 226 g/mol. The molecule has 2 atom stereocenters. The van der Waals surface area contributed by atoms with Gasteiger partial charge in [-0.25, -0.2) is 0 Å². The number of carbonyl (C=O) groups excluding carboxylic acids is 1. The Morgan fingerprint density at radius 3 is 3.06 bits per heavy atom. The van der Waals surface area contributed by atoms with Crippen LogP contribution in [0.2, 0.25) is 0 Å². The van der Waals surface area contributed by atoms with Crippen LogP contribution in [0.5, 0.6) is 0 Å². The van der Waals surface area contributed by atoms with Crippen LogP contribution in [0.1, 0.15) is 20.3 Å². The molecule has 0 spiro atoms.